The van der Waals surface area contributed by atoms with Gasteiger partial charge in [-0.3, -0.25) is 0 Å². The molecule has 0 aromatic heterocycles. The summed E-state index contributed by atoms with van der Waals surface area (Å²) >= 11 is 0. The highest BCUT2D eigenvalue weighted by Gasteiger charge is 2.10. The lowest BCUT2D eigenvalue weighted by molar-refractivity contribution is 0.0477. The summed E-state index contributed by atoms with van der Waals surface area (Å²) in [6.07, 6.45) is 0.682. The zero-order valence-electron chi connectivity index (χ0n) is 11.4. The van der Waals surface area contributed by atoms with E-state index in [1.165, 1.54) is 12.1 Å². The fraction of sp³-hybridized carbons (Fsp3) is 0.500. The summed E-state index contributed by atoms with van der Waals surface area (Å²) in [4.78, 5) is 11.0. The van der Waals surface area contributed by atoms with Crippen molar-refractivity contribution in [3.8, 4) is 0 Å². The lowest BCUT2D eigenvalue weighted by atomic mass is 10.1. The fourth-order valence-corrected chi connectivity index (χ4v) is 1.58. The maximum atomic E-state index is 13.1. The summed E-state index contributed by atoms with van der Waals surface area (Å²) in [7, 11) is 1.60. The molecule has 0 heterocycles. The number of carboxylic acid groups (broad SMARTS) is 1. The van der Waals surface area contributed by atoms with Crippen molar-refractivity contribution < 1.29 is 28.5 Å². The van der Waals surface area contributed by atoms with Gasteiger partial charge < -0.3 is 19.3 Å². The number of aromatic carboxylic acids is 1. The molecule has 5 nitrogen and oxygen atoms in total. The Morgan fingerprint density at radius 3 is 2.65 bits per heavy atom. The quantitative estimate of drug-likeness (QED) is 0.667. The second-order valence-electron chi connectivity index (χ2n) is 4.12. The van der Waals surface area contributed by atoms with E-state index >= 15 is 0 Å². The van der Waals surface area contributed by atoms with E-state index in [0.29, 0.717) is 38.4 Å². The number of methoxy groups -OCH3 is 1. The molecule has 1 aromatic carbocycles. The fourth-order valence-electron chi connectivity index (χ4n) is 1.58. The molecule has 0 aliphatic carbocycles. The molecule has 0 aliphatic rings. The van der Waals surface area contributed by atoms with Gasteiger partial charge in [0.05, 0.1) is 25.4 Å². The molecule has 1 N–H and O–H groups in total. The zero-order chi connectivity index (χ0) is 14.8. The molecule has 0 atom stereocenters. The Morgan fingerprint density at radius 1 is 1.20 bits per heavy atom. The van der Waals surface area contributed by atoms with Gasteiger partial charge >= 0.3 is 5.97 Å². The van der Waals surface area contributed by atoms with Gasteiger partial charge in [0.25, 0.3) is 0 Å². The summed E-state index contributed by atoms with van der Waals surface area (Å²) in [6.45, 7) is 2.11. The first-order valence-electron chi connectivity index (χ1n) is 6.31. The molecular weight excluding hydrogens is 267 g/mol. The zero-order valence-corrected chi connectivity index (χ0v) is 11.4. The van der Waals surface area contributed by atoms with Gasteiger partial charge in [0.15, 0.2) is 0 Å². The molecular formula is C14H19FO5. The van der Waals surface area contributed by atoms with Crippen LogP contribution in [-0.4, -0.2) is 44.6 Å². The standard InChI is InChI=1S/C14H19FO5/c1-18-7-8-19-5-2-6-20-10-11-9-12(15)3-4-13(11)14(16)17/h3-4,9H,2,5-8,10H2,1H3,(H,16,17). The number of halogens is 1. The van der Waals surface area contributed by atoms with Crippen molar-refractivity contribution in [1.29, 1.82) is 0 Å². The van der Waals surface area contributed by atoms with Gasteiger partial charge in [-0.2, -0.15) is 0 Å². The summed E-state index contributed by atoms with van der Waals surface area (Å²) in [5.41, 5.74) is 0.389. The molecule has 0 saturated carbocycles. The first-order chi connectivity index (χ1) is 9.65. The van der Waals surface area contributed by atoms with Gasteiger partial charge in [0.2, 0.25) is 0 Å². The predicted octanol–water partition coefficient (Wildman–Crippen LogP) is 2.09. The number of hydrogen-bond acceptors (Lipinski definition) is 4. The van der Waals surface area contributed by atoms with E-state index in [-0.39, 0.29) is 12.2 Å². The maximum absolute atomic E-state index is 13.1. The second kappa shape index (κ2) is 9.41. The minimum absolute atomic E-state index is 0.0581. The maximum Gasteiger partial charge on any atom is 0.336 e. The molecule has 1 rings (SSSR count). The average Bonchev–Trinajstić information content (AvgIpc) is 2.41. The van der Waals surface area contributed by atoms with Crippen molar-refractivity contribution in [3.05, 3.63) is 35.1 Å². The van der Waals surface area contributed by atoms with Crippen molar-refractivity contribution in [2.45, 2.75) is 13.0 Å². The highest BCUT2D eigenvalue weighted by molar-refractivity contribution is 5.89. The Hall–Kier alpha value is -1.50. The smallest absolute Gasteiger partial charge is 0.336 e. The molecule has 0 unspecified atom stereocenters. The molecule has 112 valence electrons. The second-order valence-corrected chi connectivity index (χ2v) is 4.12. The van der Waals surface area contributed by atoms with Crippen LogP contribution in [0.4, 0.5) is 4.39 Å². The molecule has 0 bridgehead atoms. The molecule has 1 aromatic rings. The van der Waals surface area contributed by atoms with Crippen LogP contribution in [0.2, 0.25) is 0 Å². The molecule has 0 fully saturated rings. The molecule has 0 aliphatic heterocycles. The summed E-state index contributed by atoms with van der Waals surface area (Å²) in [5, 5.41) is 8.97. The third-order valence-electron chi connectivity index (χ3n) is 2.56. The highest BCUT2D eigenvalue weighted by Crippen LogP contribution is 2.13. The van der Waals surface area contributed by atoms with Crippen LogP contribution in [0.25, 0.3) is 0 Å². The Kier molecular flexibility index (Phi) is 7.79. The Bertz CT molecular complexity index is 422. The van der Waals surface area contributed by atoms with Crippen molar-refractivity contribution in [2.24, 2.45) is 0 Å². The number of ether oxygens (including phenoxy) is 3. The Morgan fingerprint density at radius 2 is 1.95 bits per heavy atom. The Balaban J connectivity index is 2.28. The SMILES string of the molecule is COCCOCCCOCc1cc(F)ccc1C(=O)O. The van der Waals surface area contributed by atoms with Crippen LogP contribution in [0.1, 0.15) is 22.3 Å². The van der Waals surface area contributed by atoms with Crippen LogP contribution in [0.5, 0.6) is 0 Å². The summed E-state index contributed by atoms with van der Waals surface area (Å²) in [5.74, 6) is -1.57. The van der Waals surface area contributed by atoms with Crippen LogP contribution < -0.4 is 0 Å². The lowest BCUT2D eigenvalue weighted by Crippen LogP contribution is -2.08. The summed E-state index contributed by atoms with van der Waals surface area (Å²) in [6, 6.07) is 3.54. The number of carbonyl (C=O) groups is 1. The number of hydrogen-bond donors (Lipinski definition) is 1. The molecule has 0 radical (unpaired) electrons. The van der Waals surface area contributed by atoms with Gasteiger partial charge in [0.1, 0.15) is 5.82 Å². The first kappa shape index (κ1) is 16.6. The van der Waals surface area contributed by atoms with Crippen molar-refractivity contribution in [1.82, 2.24) is 0 Å². The van der Waals surface area contributed by atoms with Gasteiger partial charge in [0, 0.05) is 20.3 Å². The van der Waals surface area contributed by atoms with Crippen molar-refractivity contribution in [3.63, 3.8) is 0 Å². The number of benzene rings is 1. The highest BCUT2D eigenvalue weighted by atomic mass is 19.1. The van der Waals surface area contributed by atoms with Crippen LogP contribution in [0.3, 0.4) is 0 Å². The van der Waals surface area contributed by atoms with E-state index in [1.54, 1.807) is 7.11 Å². The molecule has 20 heavy (non-hydrogen) atoms. The lowest BCUT2D eigenvalue weighted by Gasteiger charge is -2.08. The van der Waals surface area contributed by atoms with Crippen LogP contribution in [0, 0.1) is 5.82 Å². The van der Waals surface area contributed by atoms with Gasteiger partial charge in [-0.15, -0.1) is 0 Å². The molecule has 0 spiro atoms. The monoisotopic (exact) mass is 286 g/mol. The van der Waals surface area contributed by atoms with Gasteiger partial charge in [-0.05, 0) is 30.2 Å². The third kappa shape index (κ3) is 6.10. The van der Waals surface area contributed by atoms with E-state index < -0.39 is 11.8 Å². The van der Waals surface area contributed by atoms with Crippen LogP contribution in [0.15, 0.2) is 18.2 Å². The van der Waals surface area contributed by atoms with Gasteiger partial charge in [-0.25, -0.2) is 9.18 Å². The topological polar surface area (TPSA) is 65.0 Å². The average molecular weight is 286 g/mol. The normalized spacial score (nSPS) is 10.7. The number of carboxylic acids is 1. The minimum atomic E-state index is -1.09. The van der Waals surface area contributed by atoms with E-state index in [4.69, 9.17) is 19.3 Å². The first-order valence-corrected chi connectivity index (χ1v) is 6.31. The van der Waals surface area contributed by atoms with E-state index in [9.17, 15) is 9.18 Å². The summed E-state index contributed by atoms with van der Waals surface area (Å²) < 4.78 is 28.5. The van der Waals surface area contributed by atoms with E-state index in [0.717, 1.165) is 6.07 Å². The van der Waals surface area contributed by atoms with Crippen molar-refractivity contribution >= 4 is 5.97 Å². The largest absolute Gasteiger partial charge is 0.478 e. The minimum Gasteiger partial charge on any atom is -0.478 e. The van der Waals surface area contributed by atoms with Gasteiger partial charge in [-0.1, -0.05) is 0 Å². The van der Waals surface area contributed by atoms with Crippen LogP contribution in [-0.2, 0) is 20.8 Å². The van der Waals surface area contributed by atoms with E-state index in [1.807, 2.05) is 0 Å². The third-order valence-corrected chi connectivity index (χ3v) is 2.56. The van der Waals surface area contributed by atoms with E-state index in [2.05, 4.69) is 0 Å². The molecule has 0 saturated heterocycles. The molecule has 6 heteroatoms. The Labute approximate surface area is 117 Å². The van der Waals surface area contributed by atoms with Crippen molar-refractivity contribution in [2.75, 3.05) is 33.5 Å². The number of rotatable bonds is 10. The van der Waals surface area contributed by atoms with Crippen LogP contribution >= 0.6 is 0 Å². The predicted molar refractivity (Wildman–Crippen MR) is 70.3 cm³/mol. The molecule has 0 amide bonds.